The Labute approximate surface area is 78.2 Å². The van der Waals surface area contributed by atoms with Crippen molar-refractivity contribution < 1.29 is 17.7 Å². The number of hydrogen-bond acceptors (Lipinski definition) is 4. The highest BCUT2D eigenvalue weighted by Gasteiger charge is 2.16. The van der Waals surface area contributed by atoms with E-state index in [9.17, 15) is 8.42 Å². The van der Waals surface area contributed by atoms with Crippen LogP contribution in [-0.2, 0) is 14.9 Å². The van der Waals surface area contributed by atoms with Crippen LogP contribution in [0.5, 0.6) is 0 Å². The summed E-state index contributed by atoms with van der Waals surface area (Å²) in [5, 5.41) is 3.07. The molecule has 0 radical (unpaired) electrons. The van der Waals surface area contributed by atoms with E-state index in [2.05, 4.69) is 5.32 Å². The molecule has 1 aliphatic heterocycles. The predicted molar refractivity (Wildman–Crippen MR) is 48.3 cm³/mol. The molecular weight excluding hydrogens is 194 g/mol. The quantitative estimate of drug-likeness (QED) is 0.461. The molecule has 5 nitrogen and oxygen atoms in total. The Morgan fingerprint density at radius 1 is 1.38 bits per heavy atom. The molecule has 0 amide bonds. The van der Waals surface area contributed by atoms with Crippen molar-refractivity contribution in [3.05, 3.63) is 0 Å². The lowest BCUT2D eigenvalue weighted by Gasteiger charge is -2.26. The molecule has 6 heteroatoms. The zero-order valence-corrected chi connectivity index (χ0v) is 8.22. The van der Waals surface area contributed by atoms with Gasteiger partial charge in [-0.25, -0.2) is 0 Å². The maximum absolute atomic E-state index is 10.3. The third-order valence-corrected chi connectivity index (χ3v) is 2.70. The van der Waals surface area contributed by atoms with Gasteiger partial charge in [0.2, 0.25) is 0 Å². The third kappa shape index (κ3) is 5.20. The van der Waals surface area contributed by atoms with Gasteiger partial charge in [-0.1, -0.05) is 0 Å². The minimum Gasteiger partial charge on any atom is -0.376 e. The van der Waals surface area contributed by atoms with E-state index in [0.717, 1.165) is 13.1 Å². The molecule has 1 saturated heterocycles. The number of ether oxygens (including phenoxy) is 1. The maximum Gasteiger partial charge on any atom is 0.264 e. The summed E-state index contributed by atoms with van der Waals surface area (Å²) >= 11 is 0. The third-order valence-electron chi connectivity index (χ3n) is 1.89. The van der Waals surface area contributed by atoms with Crippen LogP contribution in [0.4, 0.5) is 0 Å². The topological polar surface area (TPSA) is 75.6 Å². The lowest BCUT2D eigenvalue weighted by Crippen LogP contribution is -2.48. The maximum atomic E-state index is 10.3. The number of unbranched alkanes of at least 4 members (excludes halogenated alkanes) is 1. The molecule has 0 spiro atoms. The van der Waals surface area contributed by atoms with Crippen LogP contribution in [-0.4, -0.2) is 44.5 Å². The van der Waals surface area contributed by atoms with E-state index in [1.807, 2.05) is 0 Å². The minimum absolute atomic E-state index is 0.167. The van der Waals surface area contributed by atoms with Crippen molar-refractivity contribution >= 4 is 10.1 Å². The first-order chi connectivity index (χ1) is 6.08. The van der Waals surface area contributed by atoms with E-state index in [1.165, 1.54) is 0 Å². The van der Waals surface area contributed by atoms with E-state index in [-0.39, 0.29) is 5.75 Å². The van der Waals surface area contributed by atoms with Crippen LogP contribution in [0.15, 0.2) is 0 Å². The monoisotopic (exact) mass is 209 g/mol. The summed E-state index contributed by atoms with van der Waals surface area (Å²) in [6, 6.07) is 0. The van der Waals surface area contributed by atoms with Gasteiger partial charge in [0.05, 0.1) is 11.9 Å². The van der Waals surface area contributed by atoms with Gasteiger partial charge in [0.1, 0.15) is 0 Å². The van der Waals surface area contributed by atoms with Crippen molar-refractivity contribution in [2.75, 3.05) is 25.4 Å². The molecule has 1 heterocycles. The Hall–Kier alpha value is -0.170. The molecule has 0 unspecified atom stereocenters. The number of hydrogen-bond donors (Lipinski definition) is 2. The van der Waals surface area contributed by atoms with Crippen LogP contribution >= 0.6 is 0 Å². The molecule has 0 aromatic carbocycles. The van der Waals surface area contributed by atoms with Gasteiger partial charge < -0.3 is 10.1 Å². The first-order valence-electron chi connectivity index (χ1n) is 4.35. The van der Waals surface area contributed by atoms with Gasteiger partial charge in [0, 0.05) is 19.7 Å². The van der Waals surface area contributed by atoms with Crippen LogP contribution in [0.2, 0.25) is 0 Å². The largest absolute Gasteiger partial charge is 0.376 e. The molecule has 13 heavy (non-hydrogen) atoms. The summed E-state index contributed by atoms with van der Waals surface area (Å²) in [7, 11) is -3.78. The highest BCUT2D eigenvalue weighted by Crippen LogP contribution is 2.01. The van der Waals surface area contributed by atoms with E-state index >= 15 is 0 Å². The van der Waals surface area contributed by atoms with Gasteiger partial charge in [-0.15, -0.1) is 0 Å². The van der Waals surface area contributed by atoms with Crippen LogP contribution in [0.1, 0.15) is 12.8 Å². The SMILES string of the molecule is O=S(=O)(O)CCCCOC1CNC1. The van der Waals surface area contributed by atoms with Crippen molar-refractivity contribution in [2.45, 2.75) is 18.9 Å². The smallest absolute Gasteiger partial charge is 0.264 e. The average Bonchev–Trinajstić information content (AvgIpc) is 1.90. The van der Waals surface area contributed by atoms with Gasteiger partial charge in [0.15, 0.2) is 0 Å². The lowest BCUT2D eigenvalue weighted by molar-refractivity contribution is 0.0176. The molecule has 0 bridgehead atoms. The van der Waals surface area contributed by atoms with Crippen LogP contribution < -0.4 is 5.32 Å². The first kappa shape index (κ1) is 10.9. The number of nitrogens with one attached hydrogen (secondary N) is 1. The van der Waals surface area contributed by atoms with Crippen molar-refractivity contribution in [3.8, 4) is 0 Å². The Kier molecular flexibility index (Phi) is 4.11. The summed E-state index contributed by atoms with van der Waals surface area (Å²) in [5.41, 5.74) is 0. The second-order valence-corrected chi connectivity index (χ2v) is 4.72. The van der Waals surface area contributed by atoms with Crippen molar-refractivity contribution in [1.82, 2.24) is 5.32 Å². The molecule has 1 fully saturated rings. The Balaban J connectivity index is 1.89. The molecule has 0 atom stereocenters. The van der Waals surface area contributed by atoms with E-state index < -0.39 is 10.1 Å². The van der Waals surface area contributed by atoms with Crippen molar-refractivity contribution in [2.24, 2.45) is 0 Å². The number of rotatable bonds is 6. The van der Waals surface area contributed by atoms with E-state index in [1.54, 1.807) is 0 Å². The Bertz CT molecular complexity index is 235. The first-order valence-corrected chi connectivity index (χ1v) is 5.96. The van der Waals surface area contributed by atoms with Crippen molar-refractivity contribution in [3.63, 3.8) is 0 Å². The summed E-state index contributed by atoms with van der Waals surface area (Å²) in [6.07, 6.45) is 1.43. The summed E-state index contributed by atoms with van der Waals surface area (Å²) < 4.78 is 34.4. The summed E-state index contributed by atoms with van der Waals surface area (Å²) in [4.78, 5) is 0. The van der Waals surface area contributed by atoms with Crippen molar-refractivity contribution in [1.29, 1.82) is 0 Å². The summed E-state index contributed by atoms with van der Waals surface area (Å²) in [6.45, 7) is 2.35. The van der Waals surface area contributed by atoms with Crippen LogP contribution in [0.25, 0.3) is 0 Å². The van der Waals surface area contributed by atoms with Gasteiger partial charge in [-0.2, -0.15) is 8.42 Å². The zero-order valence-electron chi connectivity index (χ0n) is 7.40. The fourth-order valence-electron chi connectivity index (χ4n) is 1.02. The molecule has 0 aromatic heterocycles. The van der Waals surface area contributed by atoms with Crippen LogP contribution in [0, 0.1) is 0 Å². The summed E-state index contributed by atoms with van der Waals surface area (Å²) in [5.74, 6) is -0.167. The minimum atomic E-state index is -3.78. The molecule has 0 aliphatic carbocycles. The molecule has 1 rings (SSSR count). The fraction of sp³-hybridized carbons (Fsp3) is 1.00. The molecule has 78 valence electrons. The lowest BCUT2D eigenvalue weighted by atomic mass is 10.2. The fourth-order valence-corrected chi connectivity index (χ4v) is 1.59. The van der Waals surface area contributed by atoms with Gasteiger partial charge in [-0.05, 0) is 12.8 Å². The Morgan fingerprint density at radius 3 is 2.54 bits per heavy atom. The molecule has 0 saturated carbocycles. The molecule has 1 aliphatic rings. The Morgan fingerprint density at radius 2 is 2.08 bits per heavy atom. The van der Waals surface area contributed by atoms with Gasteiger partial charge >= 0.3 is 0 Å². The molecular formula is C7H15NO4S. The highest BCUT2D eigenvalue weighted by molar-refractivity contribution is 7.85. The second kappa shape index (κ2) is 4.90. The molecule has 0 aromatic rings. The normalized spacial score (nSPS) is 18.5. The average molecular weight is 209 g/mol. The zero-order chi connectivity index (χ0) is 9.73. The standard InChI is InChI=1S/C7H15NO4S/c9-13(10,11)4-2-1-3-12-7-5-8-6-7/h7-8H,1-6H2,(H,9,10,11). The van der Waals surface area contributed by atoms with Gasteiger partial charge in [-0.3, -0.25) is 4.55 Å². The van der Waals surface area contributed by atoms with E-state index in [0.29, 0.717) is 25.6 Å². The van der Waals surface area contributed by atoms with Gasteiger partial charge in [0.25, 0.3) is 10.1 Å². The highest BCUT2D eigenvalue weighted by atomic mass is 32.2. The second-order valence-electron chi connectivity index (χ2n) is 3.14. The molecule has 2 N–H and O–H groups in total. The van der Waals surface area contributed by atoms with Crippen LogP contribution in [0.3, 0.4) is 0 Å². The van der Waals surface area contributed by atoms with E-state index in [4.69, 9.17) is 9.29 Å². The predicted octanol–water partition coefficient (Wildman–Crippen LogP) is -0.357.